The van der Waals surface area contributed by atoms with Crippen molar-refractivity contribution in [3.05, 3.63) is 45.9 Å². The molecule has 0 aliphatic carbocycles. The normalized spacial score (nSPS) is 10.8. The maximum absolute atomic E-state index is 12.4. The van der Waals surface area contributed by atoms with E-state index in [9.17, 15) is 4.79 Å². The van der Waals surface area contributed by atoms with Crippen LogP contribution >= 0.6 is 11.3 Å². The smallest absolute Gasteiger partial charge is 0.212 e. The summed E-state index contributed by atoms with van der Waals surface area (Å²) < 4.78 is 5.60. The van der Waals surface area contributed by atoms with Crippen LogP contribution in [0.1, 0.15) is 34.9 Å². The van der Waals surface area contributed by atoms with Gasteiger partial charge in [-0.05, 0) is 32.5 Å². The van der Waals surface area contributed by atoms with Gasteiger partial charge in [0.15, 0.2) is 0 Å². The van der Waals surface area contributed by atoms with Crippen molar-refractivity contribution in [1.29, 1.82) is 0 Å². The third-order valence-corrected chi connectivity index (χ3v) is 3.52. The molecule has 1 aromatic heterocycles. The molecule has 1 heterocycles. The number of benzene rings is 1. The Morgan fingerprint density at radius 3 is 2.95 bits per heavy atom. The van der Waals surface area contributed by atoms with E-state index in [1.165, 1.54) is 11.3 Å². The molecule has 2 aromatic rings. The number of nitrogens with two attached hydrogens (primary N) is 1. The monoisotopic (exact) mass is 290 g/mol. The van der Waals surface area contributed by atoms with Gasteiger partial charge < -0.3 is 10.5 Å². The number of carbonyl (C=O) groups is 1. The van der Waals surface area contributed by atoms with Gasteiger partial charge >= 0.3 is 0 Å². The molecule has 0 unspecified atom stereocenters. The van der Waals surface area contributed by atoms with Gasteiger partial charge in [0.25, 0.3) is 0 Å². The average Bonchev–Trinajstić information content (AvgIpc) is 2.86. The quantitative estimate of drug-likeness (QED) is 0.831. The lowest BCUT2D eigenvalue weighted by Gasteiger charge is -2.10. The van der Waals surface area contributed by atoms with Gasteiger partial charge in [-0.2, -0.15) is 0 Å². The number of ketones is 1. The number of hydrogen-bond acceptors (Lipinski definition) is 5. The second-order valence-electron chi connectivity index (χ2n) is 4.69. The van der Waals surface area contributed by atoms with E-state index in [2.05, 4.69) is 4.98 Å². The molecule has 0 radical (unpaired) electrons. The Balaban J connectivity index is 2.19. The van der Waals surface area contributed by atoms with Crippen molar-refractivity contribution < 1.29 is 9.53 Å². The van der Waals surface area contributed by atoms with Crippen LogP contribution in [-0.4, -0.2) is 23.4 Å². The van der Waals surface area contributed by atoms with Gasteiger partial charge in [-0.1, -0.05) is 12.1 Å². The van der Waals surface area contributed by atoms with Crippen LogP contribution in [0.3, 0.4) is 0 Å². The summed E-state index contributed by atoms with van der Waals surface area (Å²) in [6.07, 6.45) is 0.782. The van der Waals surface area contributed by atoms with Crippen LogP contribution in [0.4, 0.5) is 0 Å². The lowest BCUT2D eigenvalue weighted by atomic mass is 10.1. The maximum atomic E-state index is 12.4. The Kier molecular flexibility index (Phi) is 4.87. The number of carbonyl (C=O) groups excluding carboxylic acids is 1. The second-order valence-corrected chi connectivity index (χ2v) is 5.63. The Labute approximate surface area is 122 Å². The summed E-state index contributed by atoms with van der Waals surface area (Å²) in [5, 5.41) is 2.67. The van der Waals surface area contributed by atoms with E-state index < -0.39 is 0 Å². The van der Waals surface area contributed by atoms with Crippen LogP contribution < -0.4 is 10.5 Å². The standard InChI is InChI=1S/C15H18N2O2S/c1-10(2)19-12-5-3-4-11(8-12)15(18)13-9-20-14(17-13)6-7-16/h3-5,8-10H,6-7,16H2,1-2H3. The topological polar surface area (TPSA) is 65.2 Å². The molecule has 4 nitrogen and oxygen atoms in total. The van der Waals surface area contributed by atoms with Gasteiger partial charge in [0, 0.05) is 17.4 Å². The number of ether oxygens (including phenoxy) is 1. The first-order chi connectivity index (χ1) is 9.60. The summed E-state index contributed by atoms with van der Waals surface area (Å²) in [6, 6.07) is 7.19. The molecule has 0 fully saturated rings. The van der Waals surface area contributed by atoms with Crippen molar-refractivity contribution in [3.63, 3.8) is 0 Å². The Bertz CT molecular complexity index is 593. The first kappa shape index (κ1) is 14.7. The highest BCUT2D eigenvalue weighted by Crippen LogP contribution is 2.19. The first-order valence-corrected chi connectivity index (χ1v) is 7.44. The van der Waals surface area contributed by atoms with Crippen molar-refractivity contribution in [3.8, 4) is 5.75 Å². The molecule has 0 spiro atoms. The molecule has 106 valence electrons. The lowest BCUT2D eigenvalue weighted by Crippen LogP contribution is -2.07. The first-order valence-electron chi connectivity index (χ1n) is 6.56. The Hall–Kier alpha value is -1.72. The van der Waals surface area contributed by atoms with Crippen molar-refractivity contribution >= 4 is 17.1 Å². The molecular formula is C15H18N2O2S. The van der Waals surface area contributed by atoms with E-state index in [0.29, 0.717) is 30.0 Å². The molecule has 0 bridgehead atoms. The third kappa shape index (κ3) is 3.65. The molecular weight excluding hydrogens is 272 g/mol. The molecule has 0 aliphatic rings. The number of rotatable bonds is 6. The summed E-state index contributed by atoms with van der Waals surface area (Å²) in [6.45, 7) is 4.45. The molecule has 0 amide bonds. The summed E-state index contributed by atoms with van der Waals surface area (Å²) in [5.41, 5.74) is 6.55. The van der Waals surface area contributed by atoms with Crippen LogP contribution in [0.2, 0.25) is 0 Å². The van der Waals surface area contributed by atoms with Crippen LogP contribution in [0.25, 0.3) is 0 Å². The molecule has 1 aromatic carbocycles. The number of thiazole rings is 1. The highest BCUT2D eigenvalue weighted by molar-refractivity contribution is 7.09. The second kappa shape index (κ2) is 6.63. The molecule has 2 N–H and O–H groups in total. The third-order valence-electron chi connectivity index (χ3n) is 2.61. The van der Waals surface area contributed by atoms with Gasteiger partial charge in [0.2, 0.25) is 5.78 Å². The zero-order valence-corrected chi connectivity index (χ0v) is 12.4. The highest BCUT2D eigenvalue weighted by Gasteiger charge is 2.14. The van der Waals surface area contributed by atoms with E-state index in [0.717, 1.165) is 5.01 Å². The minimum absolute atomic E-state index is 0.0794. The van der Waals surface area contributed by atoms with E-state index in [1.807, 2.05) is 26.0 Å². The predicted molar refractivity (Wildman–Crippen MR) is 80.5 cm³/mol. The molecule has 0 atom stereocenters. The van der Waals surface area contributed by atoms with E-state index in [-0.39, 0.29) is 11.9 Å². The number of hydrogen-bond donors (Lipinski definition) is 1. The maximum Gasteiger partial charge on any atom is 0.212 e. The van der Waals surface area contributed by atoms with Gasteiger partial charge in [0.1, 0.15) is 11.4 Å². The lowest BCUT2D eigenvalue weighted by molar-refractivity contribution is 0.103. The fraction of sp³-hybridized carbons (Fsp3) is 0.333. The minimum atomic E-state index is -0.0845. The summed E-state index contributed by atoms with van der Waals surface area (Å²) >= 11 is 1.47. The largest absolute Gasteiger partial charge is 0.491 e. The summed E-state index contributed by atoms with van der Waals surface area (Å²) in [5.74, 6) is 0.613. The van der Waals surface area contributed by atoms with Gasteiger partial charge in [-0.15, -0.1) is 11.3 Å². The molecule has 0 saturated heterocycles. The Morgan fingerprint density at radius 2 is 2.25 bits per heavy atom. The summed E-state index contributed by atoms with van der Waals surface area (Å²) in [7, 11) is 0. The fourth-order valence-corrected chi connectivity index (χ4v) is 2.58. The van der Waals surface area contributed by atoms with Crippen molar-refractivity contribution in [2.45, 2.75) is 26.4 Å². The van der Waals surface area contributed by atoms with Crippen molar-refractivity contribution in [2.24, 2.45) is 5.73 Å². The zero-order chi connectivity index (χ0) is 14.5. The number of nitrogens with zero attached hydrogens (tertiary/aromatic N) is 1. The van der Waals surface area contributed by atoms with E-state index in [1.54, 1.807) is 17.5 Å². The van der Waals surface area contributed by atoms with Gasteiger partial charge in [-0.25, -0.2) is 4.98 Å². The molecule has 5 heteroatoms. The fourth-order valence-electron chi connectivity index (χ4n) is 1.78. The average molecular weight is 290 g/mol. The minimum Gasteiger partial charge on any atom is -0.491 e. The molecule has 2 rings (SSSR count). The zero-order valence-electron chi connectivity index (χ0n) is 11.6. The SMILES string of the molecule is CC(C)Oc1cccc(C(=O)c2csc(CCN)n2)c1. The van der Waals surface area contributed by atoms with Gasteiger partial charge in [0.05, 0.1) is 11.1 Å². The van der Waals surface area contributed by atoms with Crippen LogP contribution in [0.5, 0.6) is 5.75 Å². The van der Waals surface area contributed by atoms with Crippen molar-refractivity contribution in [1.82, 2.24) is 4.98 Å². The highest BCUT2D eigenvalue weighted by atomic mass is 32.1. The van der Waals surface area contributed by atoms with Crippen molar-refractivity contribution in [2.75, 3.05) is 6.54 Å². The Morgan fingerprint density at radius 1 is 1.45 bits per heavy atom. The van der Waals surface area contributed by atoms with Crippen LogP contribution in [0, 0.1) is 0 Å². The van der Waals surface area contributed by atoms with Crippen LogP contribution in [0.15, 0.2) is 29.6 Å². The summed E-state index contributed by atoms with van der Waals surface area (Å²) in [4.78, 5) is 16.7. The molecule has 0 aliphatic heterocycles. The van der Waals surface area contributed by atoms with Crippen LogP contribution in [-0.2, 0) is 6.42 Å². The number of aromatic nitrogens is 1. The van der Waals surface area contributed by atoms with E-state index >= 15 is 0 Å². The molecule has 20 heavy (non-hydrogen) atoms. The van der Waals surface area contributed by atoms with Gasteiger partial charge in [-0.3, -0.25) is 4.79 Å². The van der Waals surface area contributed by atoms with E-state index in [4.69, 9.17) is 10.5 Å². The predicted octanol–water partition coefficient (Wildman–Crippen LogP) is 2.66. The molecule has 0 saturated carbocycles.